The van der Waals surface area contributed by atoms with Crippen molar-refractivity contribution in [3.05, 3.63) is 36.2 Å². The molecular weight excluding hydrogens is 312 g/mol. The van der Waals surface area contributed by atoms with Crippen LogP contribution in [-0.4, -0.2) is 47.8 Å². The molecule has 0 atom stereocenters. The Balaban J connectivity index is 2.22. The number of methoxy groups -OCH3 is 1. The van der Waals surface area contributed by atoms with Crippen molar-refractivity contribution in [1.29, 1.82) is 0 Å². The molecule has 0 aliphatic carbocycles. The normalized spacial score (nSPS) is 10.3. The maximum Gasteiger partial charge on any atom is 0.337 e. The summed E-state index contributed by atoms with van der Waals surface area (Å²) >= 11 is 0. The number of likely N-dealkylation sites (N-methyl/N-ethyl adjacent to an activating group) is 1. The second kappa shape index (κ2) is 8.11. The summed E-state index contributed by atoms with van der Waals surface area (Å²) < 4.78 is 10.3. The average Bonchev–Trinajstić information content (AvgIpc) is 2.61. The van der Waals surface area contributed by atoms with E-state index in [9.17, 15) is 4.79 Å². The van der Waals surface area contributed by atoms with Gasteiger partial charge in [0.2, 0.25) is 5.88 Å². The Labute approximate surface area is 139 Å². The smallest absolute Gasteiger partial charge is 0.337 e. The van der Waals surface area contributed by atoms with Crippen LogP contribution in [0.1, 0.15) is 17.3 Å². The zero-order valence-electron chi connectivity index (χ0n) is 13.6. The van der Waals surface area contributed by atoms with Crippen LogP contribution in [0, 0.1) is 0 Å². The highest BCUT2D eigenvalue weighted by atomic mass is 16.5. The first-order chi connectivity index (χ1) is 11.6. The molecular formula is C16H20N4O4. The number of aliphatic hydroxyl groups excluding tert-OH is 1. The lowest BCUT2D eigenvalue weighted by atomic mass is 10.2. The van der Waals surface area contributed by atoms with Crippen LogP contribution in [0.3, 0.4) is 0 Å². The molecule has 128 valence electrons. The second-order valence-corrected chi connectivity index (χ2v) is 4.84. The van der Waals surface area contributed by atoms with Crippen LogP contribution in [0.25, 0.3) is 0 Å². The fourth-order valence-electron chi connectivity index (χ4n) is 2.13. The molecule has 0 aliphatic rings. The maximum atomic E-state index is 11.4. The molecule has 3 N–H and O–H groups in total. The average molecular weight is 332 g/mol. The van der Waals surface area contributed by atoms with Gasteiger partial charge in [-0.2, -0.15) is 4.98 Å². The van der Waals surface area contributed by atoms with E-state index in [1.807, 2.05) is 11.8 Å². The van der Waals surface area contributed by atoms with Crippen LogP contribution in [0.15, 0.2) is 30.6 Å². The number of ether oxygens (including phenoxy) is 2. The summed E-state index contributed by atoms with van der Waals surface area (Å²) in [5, 5.41) is 9.12. The van der Waals surface area contributed by atoms with Crippen molar-refractivity contribution >= 4 is 17.5 Å². The standard InChI is InChI=1S/C16H20N4O4/c1-3-20(8-9-21)14-13(17)15(19-10-18-14)24-12-6-4-11(5-7-12)16(22)23-2/h4-7,10,21H,3,8-9,17H2,1-2H3. The van der Waals surface area contributed by atoms with Gasteiger partial charge in [0.05, 0.1) is 19.3 Å². The molecule has 0 fully saturated rings. The Morgan fingerprint density at radius 3 is 2.58 bits per heavy atom. The van der Waals surface area contributed by atoms with E-state index in [1.54, 1.807) is 24.3 Å². The third-order valence-corrected chi connectivity index (χ3v) is 3.37. The first-order valence-corrected chi connectivity index (χ1v) is 7.43. The molecule has 0 unspecified atom stereocenters. The van der Waals surface area contributed by atoms with E-state index < -0.39 is 5.97 Å². The molecule has 0 radical (unpaired) electrons. The number of nitrogens with two attached hydrogens (primary N) is 1. The van der Waals surface area contributed by atoms with Gasteiger partial charge in [-0.15, -0.1) is 0 Å². The largest absolute Gasteiger partial charge is 0.465 e. The molecule has 8 nitrogen and oxygen atoms in total. The summed E-state index contributed by atoms with van der Waals surface area (Å²) in [5.74, 6) is 0.766. The fourth-order valence-corrected chi connectivity index (χ4v) is 2.13. The number of aromatic nitrogens is 2. The minimum absolute atomic E-state index is 0.0114. The number of carbonyl (C=O) groups excluding carboxylic acids is 1. The number of nitrogens with zero attached hydrogens (tertiary/aromatic N) is 3. The topological polar surface area (TPSA) is 111 Å². The molecule has 2 aromatic rings. The Bertz CT molecular complexity index is 691. The van der Waals surface area contributed by atoms with Gasteiger partial charge in [-0.05, 0) is 31.2 Å². The van der Waals surface area contributed by atoms with Gasteiger partial charge in [-0.1, -0.05) is 0 Å². The molecule has 0 aliphatic heterocycles. The highest BCUT2D eigenvalue weighted by Crippen LogP contribution is 2.31. The molecule has 8 heteroatoms. The Morgan fingerprint density at radius 2 is 2.00 bits per heavy atom. The predicted octanol–water partition coefficient (Wildman–Crippen LogP) is 1.46. The number of hydrogen-bond donors (Lipinski definition) is 2. The summed E-state index contributed by atoms with van der Waals surface area (Å²) in [6, 6.07) is 6.42. The molecule has 0 bridgehead atoms. The number of benzene rings is 1. The van der Waals surface area contributed by atoms with Crippen LogP contribution in [0.5, 0.6) is 11.6 Å². The Kier molecular flexibility index (Phi) is 5.91. The fraction of sp³-hybridized carbons (Fsp3) is 0.312. The van der Waals surface area contributed by atoms with Gasteiger partial charge in [0, 0.05) is 13.1 Å². The number of nitrogen functional groups attached to an aromatic ring is 1. The third kappa shape index (κ3) is 3.90. The molecule has 0 saturated carbocycles. The van der Waals surface area contributed by atoms with E-state index >= 15 is 0 Å². The van der Waals surface area contributed by atoms with Gasteiger partial charge in [-0.3, -0.25) is 0 Å². The third-order valence-electron chi connectivity index (χ3n) is 3.37. The van der Waals surface area contributed by atoms with Crippen LogP contribution in [0.4, 0.5) is 11.5 Å². The zero-order chi connectivity index (χ0) is 17.5. The van der Waals surface area contributed by atoms with E-state index in [4.69, 9.17) is 15.6 Å². The number of anilines is 2. The number of carbonyl (C=O) groups is 1. The molecule has 1 aromatic heterocycles. The summed E-state index contributed by atoms with van der Waals surface area (Å²) in [7, 11) is 1.32. The molecule has 0 saturated heterocycles. The molecule has 24 heavy (non-hydrogen) atoms. The number of rotatable bonds is 7. The summed E-state index contributed by atoms with van der Waals surface area (Å²) in [6.07, 6.45) is 1.35. The summed E-state index contributed by atoms with van der Waals surface area (Å²) in [4.78, 5) is 21.4. The monoisotopic (exact) mass is 332 g/mol. The summed E-state index contributed by atoms with van der Waals surface area (Å²) in [5.41, 5.74) is 6.79. The van der Waals surface area contributed by atoms with Crippen LogP contribution in [-0.2, 0) is 4.74 Å². The molecule has 0 spiro atoms. The second-order valence-electron chi connectivity index (χ2n) is 4.84. The van der Waals surface area contributed by atoms with Crippen molar-refractivity contribution in [2.45, 2.75) is 6.92 Å². The lowest BCUT2D eigenvalue weighted by molar-refractivity contribution is 0.0600. The van der Waals surface area contributed by atoms with Crippen molar-refractivity contribution in [3.8, 4) is 11.6 Å². The minimum atomic E-state index is -0.423. The lowest BCUT2D eigenvalue weighted by Crippen LogP contribution is -2.28. The Hall–Kier alpha value is -2.87. The van der Waals surface area contributed by atoms with Crippen LogP contribution >= 0.6 is 0 Å². The molecule has 1 aromatic carbocycles. The number of hydrogen-bond acceptors (Lipinski definition) is 8. The maximum absolute atomic E-state index is 11.4. The van der Waals surface area contributed by atoms with E-state index in [-0.39, 0.29) is 18.2 Å². The first-order valence-electron chi connectivity index (χ1n) is 7.43. The van der Waals surface area contributed by atoms with E-state index in [0.29, 0.717) is 30.2 Å². The summed E-state index contributed by atoms with van der Waals surface area (Å²) in [6.45, 7) is 2.96. The number of esters is 1. The Morgan fingerprint density at radius 1 is 1.29 bits per heavy atom. The molecule has 1 heterocycles. The van der Waals surface area contributed by atoms with Crippen molar-refractivity contribution in [2.24, 2.45) is 0 Å². The molecule has 2 rings (SSSR count). The van der Waals surface area contributed by atoms with E-state index in [2.05, 4.69) is 14.7 Å². The lowest BCUT2D eigenvalue weighted by Gasteiger charge is -2.22. The van der Waals surface area contributed by atoms with Gasteiger partial charge in [-0.25, -0.2) is 9.78 Å². The SMILES string of the molecule is CCN(CCO)c1ncnc(Oc2ccc(C(=O)OC)cc2)c1N. The highest BCUT2D eigenvalue weighted by Gasteiger charge is 2.15. The molecule has 0 amide bonds. The van der Waals surface area contributed by atoms with Crippen molar-refractivity contribution in [3.63, 3.8) is 0 Å². The van der Waals surface area contributed by atoms with Crippen molar-refractivity contribution in [2.75, 3.05) is 37.4 Å². The first kappa shape index (κ1) is 17.5. The number of aliphatic hydroxyl groups is 1. The van der Waals surface area contributed by atoms with Crippen LogP contribution < -0.4 is 15.4 Å². The van der Waals surface area contributed by atoms with Crippen molar-refractivity contribution in [1.82, 2.24) is 9.97 Å². The minimum Gasteiger partial charge on any atom is -0.465 e. The van der Waals surface area contributed by atoms with Gasteiger partial charge < -0.3 is 25.2 Å². The van der Waals surface area contributed by atoms with Gasteiger partial charge >= 0.3 is 5.97 Å². The predicted molar refractivity (Wildman–Crippen MR) is 89.3 cm³/mol. The zero-order valence-corrected chi connectivity index (χ0v) is 13.6. The quantitative estimate of drug-likeness (QED) is 0.733. The van der Waals surface area contributed by atoms with Gasteiger partial charge in [0.15, 0.2) is 5.82 Å². The van der Waals surface area contributed by atoms with Crippen LogP contribution in [0.2, 0.25) is 0 Å². The van der Waals surface area contributed by atoms with Crippen molar-refractivity contribution < 1.29 is 19.4 Å². The van der Waals surface area contributed by atoms with Gasteiger partial charge in [0.1, 0.15) is 17.8 Å². The highest BCUT2D eigenvalue weighted by molar-refractivity contribution is 5.89. The van der Waals surface area contributed by atoms with E-state index in [1.165, 1.54) is 13.4 Å². The van der Waals surface area contributed by atoms with E-state index in [0.717, 1.165) is 0 Å². The van der Waals surface area contributed by atoms with Gasteiger partial charge in [0.25, 0.3) is 0 Å².